The van der Waals surface area contributed by atoms with Gasteiger partial charge in [0.05, 0.1) is 11.7 Å². The molecule has 1 fully saturated rings. The van der Waals surface area contributed by atoms with E-state index in [1.54, 1.807) is 6.07 Å². The van der Waals surface area contributed by atoms with E-state index in [4.69, 9.17) is 4.74 Å². The number of aryl methyl sites for hydroxylation is 1. The number of ether oxygens (including phenoxy) is 1. The van der Waals surface area contributed by atoms with Gasteiger partial charge in [-0.3, -0.25) is 0 Å². The van der Waals surface area contributed by atoms with Crippen LogP contribution in [-0.4, -0.2) is 6.10 Å². The average Bonchev–Trinajstić information content (AvgIpc) is 2.94. The maximum Gasteiger partial charge on any atom is 0.416 e. The second-order valence-electron chi connectivity index (χ2n) is 4.40. The molecule has 1 nitrogen and oxygen atoms in total. The fraction of sp³-hybridized carbons (Fsp3) is 0.500. The van der Waals surface area contributed by atoms with Gasteiger partial charge in [-0.2, -0.15) is 13.2 Å². The molecule has 4 heteroatoms. The van der Waals surface area contributed by atoms with E-state index in [1.807, 2.05) is 0 Å². The molecule has 0 bridgehead atoms. The predicted molar refractivity (Wildman–Crippen MR) is 52.0 cm³/mol. The molecule has 0 N–H and O–H groups in total. The summed E-state index contributed by atoms with van der Waals surface area (Å²) < 4.78 is 43.0. The first-order valence-electron chi connectivity index (χ1n) is 5.41. The molecule has 1 aromatic carbocycles. The fourth-order valence-electron chi connectivity index (χ4n) is 2.41. The molecule has 0 spiro atoms. The second-order valence-corrected chi connectivity index (χ2v) is 4.40. The lowest BCUT2D eigenvalue weighted by molar-refractivity contribution is -0.137. The third-order valence-electron chi connectivity index (χ3n) is 3.29. The standard InChI is InChI=1S/C12H11F3O/c13-12(14,15)8-4-5-9-7(6-8)2-1-3-10-11(9)16-10/h4-6,10-11H,1-3H2/t10-,11-/m1/s1. The molecule has 1 aliphatic carbocycles. The Balaban J connectivity index is 2.01. The van der Waals surface area contributed by atoms with Crippen molar-refractivity contribution in [3.63, 3.8) is 0 Å². The summed E-state index contributed by atoms with van der Waals surface area (Å²) >= 11 is 0. The number of fused-ring (bicyclic) bond motifs is 3. The van der Waals surface area contributed by atoms with E-state index in [-0.39, 0.29) is 12.2 Å². The number of alkyl halides is 3. The summed E-state index contributed by atoms with van der Waals surface area (Å²) in [6.07, 6.45) is -1.34. The van der Waals surface area contributed by atoms with Crippen LogP contribution in [0.2, 0.25) is 0 Å². The minimum absolute atomic E-state index is 0.0554. The molecular formula is C12H11F3O. The van der Waals surface area contributed by atoms with E-state index in [9.17, 15) is 13.2 Å². The molecule has 1 aromatic rings. The van der Waals surface area contributed by atoms with Crippen LogP contribution in [0.5, 0.6) is 0 Å². The molecule has 2 aliphatic rings. The summed E-state index contributed by atoms with van der Waals surface area (Å²) in [5.74, 6) is 0. The lowest BCUT2D eigenvalue weighted by atomic mass is 9.99. The average molecular weight is 228 g/mol. The van der Waals surface area contributed by atoms with Crippen LogP contribution < -0.4 is 0 Å². The molecule has 1 saturated heterocycles. The molecule has 0 radical (unpaired) electrons. The van der Waals surface area contributed by atoms with E-state index in [0.717, 1.165) is 36.5 Å². The largest absolute Gasteiger partial charge is 0.416 e. The number of hydrogen-bond acceptors (Lipinski definition) is 1. The molecule has 2 atom stereocenters. The Bertz CT molecular complexity index is 425. The van der Waals surface area contributed by atoms with Crippen LogP contribution in [0.4, 0.5) is 13.2 Å². The SMILES string of the molecule is FC(F)(F)c1ccc2c(c1)CCC[C@H]1O[C@H]21. The monoisotopic (exact) mass is 228 g/mol. The summed E-state index contributed by atoms with van der Waals surface area (Å²) in [6.45, 7) is 0. The van der Waals surface area contributed by atoms with Crippen molar-refractivity contribution in [3.05, 3.63) is 34.9 Å². The summed E-state index contributed by atoms with van der Waals surface area (Å²) in [5.41, 5.74) is 1.21. The van der Waals surface area contributed by atoms with Crippen molar-refractivity contribution in [1.29, 1.82) is 0 Å². The first-order valence-corrected chi connectivity index (χ1v) is 5.41. The Hall–Kier alpha value is -1.03. The van der Waals surface area contributed by atoms with Crippen LogP contribution >= 0.6 is 0 Å². The molecule has 0 saturated carbocycles. The Labute approximate surface area is 91.2 Å². The first-order chi connectivity index (χ1) is 7.55. The number of benzene rings is 1. The highest BCUT2D eigenvalue weighted by molar-refractivity contribution is 5.38. The van der Waals surface area contributed by atoms with Crippen molar-refractivity contribution in [3.8, 4) is 0 Å². The van der Waals surface area contributed by atoms with Crippen molar-refractivity contribution in [2.45, 2.75) is 37.6 Å². The van der Waals surface area contributed by atoms with Crippen molar-refractivity contribution in [1.82, 2.24) is 0 Å². The third-order valence-corrected chi connectivity index (χ3v) is 3.29. The van der Waals surface area contributed by atoms with Gasteiger partial charge in [0, 0.05) is 0 Å². The first kappa shape index (κ1) is 10.1. The van der Waals surface area contributed by atoms with Crippen molar-refractivity contribution in [2.24, 2.45) is 0 Å². The summed E-state index contributed by atoms with van der Waals surface area (Å²) in [6, 6.07) is 4.01. The van der Waals surface area contributed by atoms with Crippen molar-refractivity contribution >= 4 is 0 Å². The minimum Gasteiger partial charge on any atom is -0.364 e. The lowest BCUT2D eigenvalue weighted by Crippen LogP contribution is -2.06. The van der Waals surface area contributed by atoms with Gasteiger partial charge in [-0.15, -0.1) is 0 Å². The number of epoxide rings is 1. The Morgan fingerprint density at radius 2 is 2.06 bits per heavy atom. The van der Waals surface area contributed by atoms with Crippen LogP contribution in [0, 0.1) is 0 Å². The molecule has 1 heterocycles. The molecule has 86 valence electrons. The van der Waals surface area contributed by atoms with Gasteiger partial charge in [0.15, 0.2) is 0 Å². The summed E-state index contributed by atoms with van der Waals surface area (Å²) in [4.78, 5) is 0. The fourth-order valence-corrected chi connectivity index (χ4v) is 2.41. The molecule has 16 heavy (non-hydrogen) atoms. The van der Waals surface area contributed by atoms with Crippen LogP contribution in [0.15, 0.2) is 18.2 Å². The Morgan fingerprint density at radius 3 is 2.81 bits per heavy atom. The Morgan fingerprint density at radius 1 is 1.25 bits per heavy atom. The Kier molecular flexibility index (Phi) is 2.05. The molecular weight excluding hydrogens is 217 g/mol. The van der Waals surface area contributed by atoms with Crippen LogP contribution in [0.1, 0.15) is 35.6 Å². The van der Waals surface area contributed by atoms with Crippen LogP contribution in [0.25, 0.3) is 0 Å². The maximum atomic E-state index is 12.5. The number of hydrogen-bond donors (Lipinski definition) is 0. The maximum absolute atomic E-state index is 12.5. The third kappa shape index (κ3) is 1.61. The molecule has 0 aromatic heterocycles. The van der Waals surface area contributed by atoms with E-state index >= 15 is 0 Å². The zero-order valence-corrected chi connectivity index (χ0v) is 8.55. The van der Waals surface area contributed by atoms with Crippen LogP contribution in [-0.2, 0) is 17.3 Å². The van der Waals surface area contributed by atoms with E-state index < -0.39 is 11.7 Å². The van der Waals surface area contributed by atoms with Gasteiger partial charge >= 0.3 is 6.18 Å². The highest BCUT2D eigenvalue weighted by Crippen LogP contribution is 2.46. The van der Waals surface area contributed by atoms with E-state index in [0.29, 0.717) is 0 Å². The van der Waals surface area contributed by atoms with Gasteiger partial charge in [-0.05, 0) is 42.5 Å². The summed E-state index contributed by atoms with van der Waals surface area (Å²) in [5, 5.41) is 0. The smallest absolute Gasteiger partial charge is 0.364 e. The van der Waals surface area contributed by atoms with Gasteiger partial charge in [-0.25, -0.2) is 0 Å². The van der Waals surface area contributed by atoms with Crippen molar-refractivity contribution in [2.75, 3.05) is 0 Å². The van der Waals surface area contributed by atoms with Gasteiger partial charge < -0.3 is 4.74 Å². The lowest BCUT2D eigenvalue weighted by Gasteiger charge is -2.11. The van der Waals surface area contributed by atoms with Gasteiger partial charge in [-0.1, -0.05) is 6.07 Å². The summed E-state index contributed by atoms with van der Waals surface area (Å²) in [7, 11) is 0. The normalized spacial score (nSPS) is 27.9. The predicted octanol–water partition coefficient (Wildman–Crippen LogP) is 3.48. The van der Waals surface area contributed by atoms with E-state index in [2.05, 4.69) is 0 Å². The highest BCUT2D eigenvalue weighted by Gasteiger charge is 2.43. The molecule has 1 aliphatic heterocycles. The van der Waals surface area contributed by atoms with Gasteiger partial charge in [0.25, 0.3) is 0 Å². The second kappa shape index (κ2) is 3.23. The molecule has 0 amide bonds. The molecule has 3 rings (SSSR count). The molecule has 0 unspecified atom stereocenters. The number of rotatable bonds is 0. The minimum atomic E-state index is -4.24. The van der Waals surface area contributed by atoms with Gasteiger partial charge in [0.2, 0.25) is 0 Å². The van der Waals surface area contributed by atoms with Crippen LogP contribution in [0.3, 0.4) is 0 Å². The zero-order valence-electron chi connectivity index (χ0n) is 8.55. The van der Waals surface area contributed by atoms with E-state index in [1.165, 1.54) is 6.07 Å². The quantitative estimate of drug-likeness (QED) is 0.619. The van der Waals surface area contributed by atoms with Gasteiger partial charge in [0.1, 0.15) is 6.10 Å². The highest BCUT2D eigenvalue weighted by atomic mass is 19.4. The van der Waals surface area contributed by atoms with Crippen molar-refractivity contribution < 1.29 is 17.9 Å². The zero-order chi connectivity index (χ0) is 11.3. The topological polar surface area (TPSA) is 12.5 Å². The number of halogens is 3.